The quantitative estimate of drug-likeness (QED) is 0.290. The zero-order chi connectivity index (χ0) is 19.1. The molecule has 9 heteroatoms. The van der Waals surface area contributed by atoms with Crippen molar-refractivity contribution in [3.05, 3.63) is 50.1 Å². The first-order valence-corrected chi connectivity index (χ1v) is 10.0. The summed E-state index contributed by atoms with van der Waals surface area (Å²) in [7, 11) is 3.62. The van der Waals surface area contributed by atoms with Gasteiger partial charge in [0.2, 0.25) is 0 Å². The lowest BCUT2D eigenvalue weighted by molar-refractivity contribution is 0.119. The molecule has 0 radical (unpaired) electrons. The van der Waals surface area contributed by atoms with Crippen molar-refractivity contribution in [2.45, 2.75) is 33.0 Å². The zero-order valence-electron chi connectivity index (χ0n) is 15.8. The molecule has 1 unspecified atom stereocenters. The fraction of sp³-hybridized carbons (Fsp3) is 0.444. The third-order valence-corrected chi connectivity index (χ3v) is 5.33. The maximum absolute atomic E-state index is 14.0. The van der Waals surface area contributed by atoms with E-state index in [1.807, 2.05) is 37.2 Å². The Kier molecular flexibility index (Phi) is 10.7. The first-order valence-electron chi connectivity index (χ1n) is 8.35. The molecule has 2 rings (SSSR count). The van der Waals surface area contributed by atoms with Gasteiger partial charge in [-0.25, -0.2) is 14.4 Å². The Bertz CT molecular complexity index is 759. The van der Waals surface area contributed by atoms with E-state index in [0.29, 0.717) is 18.1 Å². The average Bonchev–Trinajstić information content (AvgIpc) is 3.07. The van der Waals surface area contributed by atoms with Crippen molar-refractivity contribution in [2.75, 3.05) is 20.7 Å². The minimum atomic E-state index is -0.265. The van der Waals surface area contributed by atoms with Crippen LogP contribution < -0.4 is 5.32 Å². The molecule has 150 valence electrons. The summed E-state index contributed by atoms with van der Waals surface area (Å²) in [4.78, 5) is 11.1. The molecule has 1 heterocycles. The van der Waals surface area contributed by atoms with Gasteiger partial charge in [0, 0.05) is 36.1 Å². The first-order chi connectivity index (χ1) is 12.4. The van der Waals surface area contributed by atoms with E-state index in [-0.39, 0.29) is 42.4 Å². The standard InChI is InChI=1S/C18H24BrFN4OS.HI/c1-5-21-18(22-9-13-6-7-14(19)8-16(13)20)24(3)10-15-11-26-17(23-15)12(2)25-4;/h6-8,11-12H,5,9-10H2,1-4H3,(H,21,22);1H. The van der Waals surface area contributed by atoms with Gasteiger partial charge in [-0.3, -0.25) is 0 Å². The topological polar surface area (TPSA) is 49.8 Å². The van der Waals surface area contributed by atoms with Crippen LogP contribution in [-0.2, 0) is 17.8 Å². The van der Waals surface area contributed by atoms with Crippen molar-refractivity contribution in [2.24, 2.45) is 4.99 Å². The van der Waals surface area contributed by atoms with Crippen LogP contribution in [0.2, 0.25) is 0 Å². The molecule has 0 saturated heterocycles. The van der Waals surface area contributed by atoms with Gasteiger partial charge >= 0.3 is 0 Å². The third kappa shape index (κ3) is 7.28. The van der Waals surface area contributed by atoms with Crippen LogP contribution in [0.3, 0.4) is 0 Å². The molecule has 5 nitrogen and oxygen atoms in total. The second kappa shape index (κ2) is 11.9. The fourth-order valence-corrected chi connectivity index (χ4v) is 3.46. The summed E-state index contributed by atoms with van der Waals surface area (Å²) in [5.74, 6) is 0.448. The van der Waals surface area contributed by atoms with E-state index in [1.54, 1.807) is 24.5 Å². The van der Waals surface area contributed by atoms with Crippen LogP contribution in [0.15, 0.2) is 33.0 Å². The highest BCUT2D eigenvalue weighted by atomic mass is 127. The Hall–Kier alpha value is -0.780. The Morgan fingerprint density at radius 1 is 1.48 bits per heavy atom. The van der Waals surface area contributed by atoms with E-state index in [2.05, 4.69) is 31.2 Å². The molecule has 27 heavy (non-hydrogen) atoms. The molecule has 0 bridgehead atoms. The minimum absolute atomic E-state index is 0. The van der Waals surface area contributed by atoms with Gasteiger partial charge in [-0.15, -0.1) is 35.3 Å². The molecule has 0 aliphatic carbocycles. The van der Waals surface area contributed by atoms with Gasteiger partial charge in [0.25, 0.3) is 0 Å². The van der Waals surface area contributed by atoms with Crippen LogP contribution in [-0.4, -0.2) is 36.5 Å². The summed E-state index contributed by atoms with van der Waals surface area (Å²) in [5.41, 5.74) is 1.51. The van der Waals surface area contributed by atoms with Gasteiger partial charge in [-0.1, -0.05) is 22.0 Å². The van der Waals surface area contributed by atoms with Crippen molar-refractivity contribution in [1.29, 1.82) is 0 Å². The van der Waals surface area contributed by atoms with Gasteiger partial charge < -0.3 is 15.0 Å². The van der Waals surface area contributed by atoms with E-state index >= 15 is 0 Å². The van der Waals surface area contributed by atoms with E-state index in [9.17, 15) is 4.39 Å². The Morgan fingerprint density at radius 2 is 2.22 bits per heavy atom. The van der Waals surface area contributed by atoms with Crippen molar-refractivity contribution < 1.29 is 9.13 Å². The molecule has 1 N–H and O–H groups in total. The molecular formula is C18H25BrFIN4OS. The molecule has 2 aromatic rings. The van der Waals surface area contributed by atoms with Crippen molar-refractivity contribution in [3.63, 3.8) is 0 Å². The number of hydrogen-bond acceptors (Lipinski definition) is 4. The van der Waals surface area contributed by atoms with Crippen LogP contribution in [0.1, 0.15) is 36.2 Å². The number of benzene rings is 1. The van der Waals surface area contributed by atoms with Gasteiger partial charge in [0.15, 0.2) is 5.96 Å². The predicted molar refractivity (Wildman–Crippen MR) is 123 cm³/mol. The van der Waals surface area contributed by atoms with Crippen LogP contribution in [0.4, 0.5) is 4.39 Å². The molecule has 1 atom stereocenters. The minimum Gasteiger partial charge on any atom is -0.375 e. The molecular weight excluding hydrogens is 546 g/mol. The van der Waals surface area contributed by atoms with Crippen molar-refractivity contribution in [3.8, 4) is 0 Å². The number of ether oxygens (including phenoxy) is 1. The summed E-state index contributed by atoms with van der Waals surface area (Å²) >= 11 is 4.85. The van der Waals surface area contributed by atoms with E-state index < -0.39 is 0 Å². The summed E-state index contributed by atoms with van der Waals surface area (Å²) in [6.45, 7) is 5.60. The maximum atomic E-state index is 14.0. The number of methoxy groups -OCH3 is 1. The van der Waals surface area contributed by atoms with Gasteiger partial charge in [-0.05, 0) is 26.0 Å². The number of hydrogen-bond donors (Lipinski definition) is 1. The smallest absolute Gasteiger partial charge is 0.194 e. The van der Waals surface area contributed by atoms with Crippen LogP contribution in [0.25, 0.3) is 0 Å². The molecule has 0 aliphatic heterocycles. The van der Waals surface area contributed by atoms with E-state index in [4.69, 9.17) is 4.74 Å². The van der Waals surface area contributed by atoms with Gasteiger partial charge in [-0.2, -0.15) is 0 Å². The zero-order valence-corrected chi connectivity index (χ0v) is 20.6. The lowest BCUT2D eigenvalue weighted by Gasteiger charge is -2.21. The van der Waals surface area contributed by atoms with Crippen LogP contribution >= 0.6 is 51.2 Å². The van der Waals surface area contributed by atoms with Crippen molar-refractivity contribution in [1.82, 2.24) is 15.2 Å². The lowest BCUT2D eigenvalue weighted by Crippen LogP contribution is -2.38. The van der Waals surface area contributed by atoms with Gasteiger partial charge in [0.05, 0.1) is 18.8 Å². The number of aromatic nitrogens is 1. The lowest BCUT2D eigenvalue weighted by atomic mass is 10.2. The monoisotopic (exact) mass is 570 g/mol. The third-order valence-electron chi connectivity index (χ3n) is 3.78. The molecule has 0 spiro atoms. The summed E-state index contributed by atoms with van der Waals surface area (Å²) in [6.07, 6.45) is -0.0126. The highest BCUT2D eigenvalue weighted by Crippen LogP contribution is 2.21. The molecule has 0 fully saturated rings. The highest BCUT2D eigenvalue weighted by Gasteiger charge is 2.13. The molecule has 0 amide bonds. The Morgan fingerprint density at radius 3 is 2.85 bits per heavy atom. The first kappa shape index (κ1) is 24.3. The number of guanidine groups is 1. The SMILES string of the molecule is CCNC(=NCc1ccc(Br)cc1F)N(C)Cc1csc(C(C)OC)n1.I. The van der Waals surface area contributed by atoms with E-state index in [0.717, 1.165) is 21.7 Å². The molecule has 0 aliphatic rings. The number of aliphatic imine (C=N–C) groups is 1. The summed E-state index contributed by atoms with van der Waals surface area (Å²) in [5, 5.41) is 6.22. The predicted octanol–water partition coefficient (Wildman–Crippen LogP) is 4.97. The largest absolute Gasteiger partial charge is 0.375 e. The second-order valence-corrected chi connectivity index (χ2v) is 7.62. The number of thiazole rings is 1. The van der Waals surface area contributed by atoms with Crippen LogP contribution in [0.5, 0.6) is 0 Å². The average molecular weight is 571 g/mol. The summed E-state index contributed by atoms with van der Waals surface area (Å²) in [6, 6.07) is 5.01. The number of nitrogens with one attached hydrogen (secondary N) is 1. The maximum Gasteiger partial charge on any atom is 0.194 e. The molecule has 1 aromatic heterocycles. The fourth-order valence-electron chi connectivity index (χ4n) is 2.28. The Labute approximate surface area is 189 Å². The van der Waals surface area contributed by atoms with Crippen molar-refractivity contribution >= 4 is 57.2 Å². The number of rotatable bonds is 7. The van der Waals surface area contributed by atoms with Crippen LogP contribution in [0, 0.1) is 5.82 Å². The number of halogens is 3. The molecule has 0 saturated carbocycles. The second-order valence-electron chi connectivity index (χ2n) is 5.82. The number of nitrogens with zero attached hydrogens (tertiary/aromatic N) is 3. The Balaban J connectivity index is 0.00000364. The molecule has 1 aromatic carbocycles. The normalized spacial score (nSPS) is 12.4. The summed E-state index contributed by atoms with van der Waals surface area (Å²) < 4.78 is 20.0. The van der Waals surface area contributed by atoms with Gasteiger partial charge in [0.1, 0.15) is 16.9 Å². The highest BCUT2D eigenvalue weighted by molar-refractivity contribution is 14.0. The van der Waals surface area contributed by atoms with E-state index in [1.165, 1.54) is 6.07 Å².